The Bertz CT molecular complexity index is 1280. The lowest BCUT2D eigenvalue weighted by Gasteiger charge is -2.25. The van der Waals surface area contributed by atoms with Crippen LogP contribution in [0.2, 0.25) is 5.02 Å². The lowest BCUT2D eigenvalue weighted by molar-refractivity contribution is -0.134. The highest BCUT2D eigenvalue weighted by Crippen LogP contribution is 2.20. The number of nitrogens with one attached hydrogen (secondary N) is 3. The van der Waals surface area contributed by atoms with Crippen LogP contribution < -0.4 is 15.4 Å². The molecule has 1 heterocycles. The zero-order valence-corrected chi connectivity index (χ0v) is 20.4. The average molecular weight is 491 g/mol. The lowest BCUT2D eigenvalue weighted by Crippen LogP contribution is -2.46. The van der Waals surface area contributed by atoms with Crippen LogP contribution >= 0.6 is 11.6 Å². The standard InChI is InChI=1S/C27H27ClN4O3/c1-27(2,26(34)30-17-24-31-22-5-3-4-6-23(22)32-24)35-21-13-7-18(8-14-21)15-16-29-25(33)19-9-11-20(28)12-10-19/h3-14H,15-17H2,1-2H3,(H,29,33)(H,30,34)(H,31,32). The van der Waals surface area contributed by atoms with Crippen molar-refractivity contribution in [3.8, 4) is 5.75 Å². The Morgan fingerprint density at radius 2 is 1.69 bits per heavy atom. The van der Waals surface area contributed by atoms with Crippen LogP contribution in [-0.2, 0) is 17.8 Å². The molecule has 0 saturated heterocycles. The summed E-state index contributed by atoms with van der Waals surface area (Å²) < 4.78 is 5.95. The fourth-order valence-corrected chi connectivity index (χ4v) is 3.68. The number of halogens is 1. The molecular weight excluding hydrogens is 464 g/mol. The minimum absolute atomic E-state index is 0.142. The minimum atomic E-state index is -1.07. The Hall–Kier alpha value is -3.84. The summed E-state index contributed by atoms with van der Waals surface area (Å²) in [5.74, 6) is 0.884. The number of H-pyrrole nitrogens is 1. The summed E-state index contributed by atoms with van der Waals surface area (Å²) in [7, 11) is 0. The Morgan fingerprint density at radius 1 is 0.971 bits per heavy atom. The van der Waals surface area contributed by atoms with E-state index in [-0.39, 0.29) is 18.4 Å². The van der Waals surface area contributed by atoms with Crippen molar-refractivity contribution in [2.45, 2.75) is 32.4 Å². The average Bonchev–Trinajstić information content (AvgIpc) is 3.27. The van der Waals surface area contributed by atoms with Crippen LogP contribution in [0.1, 0.15) is 35.6 Å². The van der Waals surface area contributed by atoms with Gasteiger partial charge in [0.1, 0.15) is 11.6 Å². The number of fused-ring (bicyclic) bond motifs is 1. The molecule has 4 rings (SSSR count). The highest BCUT2D eigenvalue weighted by Gasteiger charge is 2.30. The number of carbonyl (C=O) groups is 2. The summed E-state index contributed by atoms with van der Waals surface area (Å²) in [6, 6.07) is 22.0. The van der Waals surface area contributed by atoms with Crippen molar-refractivity contribution in [3.63, 3.8) is 0 Å². The molecule has 3 N–H and O–H groups in total. The van der Waals surface area contributed by atoms with Gasteiger partial charge >= 0.3 is 0 Å². The molecule has 8 heteroatoms. The van der Waals surface area contributed by atoms with Gasteiger partial charge in [-0.1, -0.05) is 35.9 Å². The van der Waals surface area contributed by atoms with E-state index < -0.39 is 5.60 Å². The molecule has 0 spiro atoms. The summed E-state index contributed by atoms with van der Waals surface area (Å²) in [5, 5.41) is 6.37. The predicted octanol–water partition coefficient (Wildman–Crippen LogP) is 4.66. The number of hydrogen-bond donors (Lipinski definition) is 3. The summed E-state index contributed by atoms with van der Waals surface area (Å²) in [5.41, 5.74) is 2.33. The number of para-hydroxylation sites is 2. The molecule has 4 aromatic rings. The Morgan fingerprint density at radius 3 is 2.40 bits per heavy atom. The van der Waals surface area contributed by atoms with Gasteiger partial charge < -0.3 is 20.4 Å². The first kappa shape index (κ1) is 24.3. The molecule has 2 amide bonds. The predicted molar refractivity (Wildman–Crippen MR) is 137 cm³/mol. The first-order chi connectivity index (χ1) is 16.8. The van der Waals surface area contributed by atoms with Crippen LogP contribution in [0.3, 0.4) is 0 Å². The van der Waals surface area contributed by atoms with Crippen LogP contribution in [0.5, 0.6) is 5.75 Å². The Kier molecular flexibility index (Phi) is 7.36. The largest absolute Gasteiger partial charge is 0.478 e. The van der Waals surface area contributed by atoms with Crippen molar-refractivity contribution in [3.05, 3.63) is 94.8 Å². The Balaban J connectivity index is 1.25. The fraction of sp³-hybridized carbons (Fsp3) is 0.222. The van der Waals surface area contributed by atoms with Crippen LogP contribution in [0.15, 0.2) is 72.8 Å². The van der Waals surface area contributed by atoms with Gasteiger partial charge in [0.2, 0.25) is 0 Å². The van der Waals surface area contributed by atoms with E-state index in [4.69, 9.17) is 16.3 Å². The van der Waals surface area contributed by atoms with Gasteiger partial charge in [-0.2, -0.15) is 0 Å². The van der Waals surface area contributed by atoms with E-state index in [1.165, 1.54) is 0 Å². The maximum absolute atomic E-state index is 12.7. The van der Waals surface area contributed by atoms with E-state index in [0.717, 1.165) is 16.6 Å². The second-order valence-corrected chi connectivity index (χ2v) is 9.09. The van der Waals surface area contributed by atoms with E-state index in [1.807, 2.05) is 48.5 Å². The molecule has 0 bridgehead atoms. The molecule has 0 unspecified atom stereocenters. The lowest BCUT2D eigenvalue weighted by atomic mass is 10.1. The third-order valence-corrected chi connectivity index (χ3v) is 5.76. The van der Waals surface area contributed by atoms with E-state index in [0.29, 0.717) is 35.1 Å². The monoisotopic (exact) mass is 490 g/mol. The maximum Gasteiger partial charge on any atom is 0.263 e. The normalized spacial score (nSPS) is 11.3. The topological polar surface area (TPSA) is 96.1 Å². The van der Waals surface area contributed by atoms with Crippen molar-refractivity contribution >= 4 is 34.4 Å². The summed E-state index contributed by atoms with van der Waals surface area (Å²) >= 11 is 5.86. The highest BCUT2D eigenvalue weighted by atomic mass is 35.5. The summed E-state index contributed by atoms with van der Waals surface area (Å²) in [6.45, 7) is 4.22. The van der Waals surface area contributed by atoms with Crippen molar-refractivity contribution in [2.24, 2.45) is 0 Å². The van der Waals surface area contributed by atoms with Gasteiger partial charge in [-0.05, 0) is 74.4 Å². The summed E-state index contributed by atoms with van der Waals surface area (Å²) in [4.78, 5) is 32.6. The van der Waals surface area contributed by atoms with Crippen LogP contribution in [0.4, 0.5) is 0 Å². The van der Waals surface area contributed by atoms with Crippen molar-refractivity contribution in [1.82, 2.24) is 20.6 Å². The molecule has 0 aliphatic rings. The molecule has 0 fully saturated rings. The molecule has 0 aliphatic carbocycles. The number of nitrogens with zero attached hydrogens (tertiary/aromatic N) is 1. The van der Waals surface area contributed by atoms with Crippen LogP contribution in [0, 0.1) is 0 Å². The van der Waals surface area contributed by atoms with Gasteiger partial charge in [0.05, 0.1) is 17.6 Å². The van der Waals surface area contributed by atoms with Crippen molar-refractivity contribution in [1.29, 1.82) is 0 Å². The fourth-order valence-electron chi connectivity index (χ4n) is 3.56. The first-order valence-corrected chi connectivity index (χ1v) is 11.7. The van der Waals surface area contributed by atoms with Crippen LogP contribution in [0.25, 0.3) is 11.0 Å². The number of benzene rings is 3. The number of ether oxygens (including phenoxy) is 1. The second-order valence-electron chi connectivity index (χ2n) is 8.65. The Labute approximate surface area is 208 Å². The van der Waals surface area contributed by atoms with Gasteiger partial charge in [0.25, 0.3) is 11.8 Å². The molecular formula is C27H27ClN4O3. The quantitative estimate of drug-likeness (QED) is 0.318. The zero-order valence-electron chi connectivity index (χ0n) is 19.6. The summed E-state index contributed by atoms with van der Waals surface area (Å²) in [6.07, 6.45) is 0.668. The van der Waals surface area contributed by atoms with Crippen molar-refractivity contribution in [2.75, 3.05) is 6.54 Å². The number of amides is 2. The SMILES string of the molecule is CC(C)(Oc1ccc(CCNC(=O)c2ccc(Cl)cc2)cc1)C(=O)NCc1nc2ccccc2[nH]1. The molecule has 0 saturated carbocycles. The number of hydrogen-bond acceptors (Lipinski definition) is 4. The van der Waals surface area contributed by atoms with E-state index >= 15 is 0 Å². The van der Waals surface area contributed by atoms with Gasteiger partial charge in [-0.3, -0.25) is 9.59 Å². The zero-order chi connectivity index (χ0) is 24.8. The molecule has 180 valence electrons. The van der Waals surface area contributed by atoms with Gasteiger partial charge in [-0.25, -0.2) is 4.98 Å². The number of aromatic amines is 1. The third-order valence-electron chi connectivity index (χ3n) is 5.50. The smallest absolute Gasteiger partial charge is 0.263 e. The highest BCUT2D eigenvalue weighted by molar-refractivity contribution is 6.30. The molecule has 7 nitrogen and oxygen atoms in total. The third kappa shape index (κ3) is 6.39. The van der Waals surface area contributed by atoms with E-state index in [2.05, 4.69) is 20.6 Å². The number of carbonyl (C=O) groups excluding carboxylic acids is 2. The van der Waals surface area contributed by atoms with Crippen LogP contribution in [-0.4, -0.2) is 33.9 Å². The number of aromatic nitrogens is 2. The number of imidazole rings is 1. The molecule has 3 aromatic carbocycles. The van der Waals surface area contributed by atoms with Gasteiger partial charge in [0.15, 0.2) is 5.60 Å². The molecule has 1 aromatic heterocycles. The molecule has 0 radical (unpaired) electrons. The molecule has 35 heavy (non-hydrogen) atoms. The first-order valence-electron chi connectivity index (χ1n) is 11.3. The number of rotatable bonds is 9. The van der Waals surface area contributed by atoms with Gasteiger partial charge in [0, 0.05) is 17.1 Å². The van der Waals surface area contributed by atoms with E-state index in [1.54, 1.807) is 38.1 Å². The van der Waals surface area contributed by atoms with E-state index in [9.17, 15) is 9.59 Å². The molecule has 0 atom stereocenters. The van der Waals surface area contributed by atoms with Crippen molar-refractivity contribution < 1.29 is 14.3 Å². The second kappa shape index (κ2) is 10.6. The molecule has 0 aliphatic heterocycles. The maximum atomic E-state index is 12.7. The minimum Gasteiger partial charge on any atom is -0.478 e. The van der Waals surface area contributed by atoms with Gasteiger partial charge in [-0.15, -0.1) is 0 Å².